The van der Waals surface area contributed by atoms with Crippen LogP contribution in [0.25, 0.3) is 11.1 Å². The number of halogens is 1. The molecule has 2 aromatic rings. The van der Waals surface area contributed by atoms with Crippen LogP contribution in [0.3, 0.4) is 0 Å². The average molecular weight is 317 g/mol. The van der Waals surface area contributed by atoms with Gasteiger partial charge in [0.05, 0.1) is 11.3 Å². The van der Waals surface area contributed by atoms with E-state index < -0.39 is 0 Å². The summed E-state index contributed by atoms with van der Waals surface area (Å²) in [6.45, 7) is 3.28. The van der Waals surface area contributed by atoms with Gasteiger partial charge in [-0.2, -0.15) is 5.26 Å². The summed E-state index contributed by atoms with van der Waals surface area (Å²) in [4.78, 5) is 16.4. The number of Topliss-reactive ketones (excluding diaryl/α,β-unsaturated/α-hetero) is 1. The minimum atomic E-state index is -0.103. The summed E-state index contributed by atoms with van der Waals surface area (Å²) in [6.07, 6.45) is 1.86. The fraction of sp³-hybridized carbons (Fsp3) is 0.188. The number of benzene rings is 1. The summed E-state index contributed by atoms with van der Waals surface area (Å²) >= 11 is 7.31. The lowest BCUT2D eigenvalue weighted by molar-refractivity contribution is 0.101. The Morgan fingerprint density at radius 2 is 1.95 bits per heavy atom. The van der Waals surface area contributed by atoms with E-state index in [1.54, 1.807) is 19.1 Å². The molecule has 0 saturated heterocycles. The van der Waals surface area contributed by atoms with Gasteiger partial charge in [-0.3, -0.25) is 4.79 Å². The molecule has 0 aliphatic heterocycles. The van der Waals surface area contributed by atoms with Gasteiger partial charge in [-0.25, -0.2) is 4.98 Å². The van der Waals surface area contributed by atoms with Gasteiger partial charge in [0.25, 0.3) is 0 Å². The van der Waals surface area contributed by atoms with Crippen molar-refractivity contribution in [1.82, 2.24) is 4.98 Å². The van der Waals surface area contributed by atoms with E-state index >= 15 is 0 Å². The van der Waals surface area contributed by atoms with Gasteiger partial charge in [0.15, 0.2) is 5.78 Å². The Bertz CT molecular complexity index is 748. The number of hydrogen-bond acceptors (Lipinski definition) is 4. The van der Waals surface area contributed by atoms with E-state index in [2.05, 4.69) is 11.1 Å². The zero-order valence-corrected chi connectivity index (χ0v) is 13.5. The Morgan fingerprint density at radius 3 is 2.43 bits per heavy atom. The first-order valence-corrected chi connectivity index (χ1v) is 7.85. The smallest absolute Gasteiger partial charge is 0.162 e. The van der Waals surface area contributed by atoms with Crippen LogP contribution in [-0.4, -0.2) is 17.0 Å². The standard InChI is InChI=1S/C16H13ClN2OS/c1-9-14(10(2)20)15(11-4-6-12(17)7-5-11)13(8-18)16(19-9)21-3/h4-7H,1-3H3. The highest BCUT2D eigenvalue weighted by Gasteiger charge is 2.21. The fourth-order valence-electron chi connectivity index (χ4n) is 2.26. The maximum absolute atomic E-state index is 12.0. The van der Waals surface area contributed by atoms with E-state index in [1.807, 2.05) is 18.4 Å². The quantitative estimate of drug-likeness (QED) is 0.617. The molecule has 106 valence electrons. The highest BCUT2D eigenvalue weighted by Crippen LogP contribution is 2.34. The Hall–Kier alpha value is -1.83. The molecule has 1 heterocycles. The Labute approximate surface area is 133 Å². The van der Waals surface area contributed by atoms with E-state index in [0.717, 1.165) is 5.56 Å². The van der Waals surface area contributed by atoms with Crippen LogP contribution >= 0.6 is 23.4 Å². The van der Waals surface area contributed by atoms with Crippen LogP contribution in [0.1, 0.15) is 28.5 Å². The number of hydrogen-bond donors (Lipinski definition) is 0. The van der Waals surface area contributed by atoms with Crippen molar-refractivity contribution < 1.29 is 4.79 Å². The molecule has 1 aromatic carbocycles. The number of nitriles is 1. The van der Waals surface area contributed by atoms with Gasteiger partial charge in [0, 0.05) is 16.1 Å². The van der Waals surface area contributed by atoms with E-state index in [4.69, 9.17) is 11.6 Å². The lowest BCUT2D eigenvalue weighted by atomic mass is 9.93. The number of rotatable bonds is 3. The SMILES string of the molecule is CSc1nc(C)c(C(C)=O)c(-c2ccc(Cl)cc2)c1C#N. The number of carbonyl (C=O) groups excluding carboxylic acids is 1. The largest absolute Gasteiger partial charge is 0.294 e. The van der Waals surface area contributed by atoms with Crippen LogP contribution in [-0.2, 0) is 0 Å². The van der Waals surface area contributed by atoms with E-state index in [1.165, 1.54) is 18.7 Å². The summed E-state index contributed by atoms with van der Waals surface area (Å²) < 4.78 is 0. The number of carbonyl (C=O) groups is 1. The normalized spacial score (nSPS) is 10.2. The van der Waals surface area contributed by atoms with Crippen LogP contribution in [0.4, 0.5) is 0 Å². The summed E-state index contributed by atoms with van der Waals surface area (Å²) in [5.74, 6) is -0.103. The highest BCUT2D eigenvalue weighted by atomic mass is 35.5. The Morgan fingerprint density at radius 1 is 1.33 bits per heavy atom. The molecule has 3 nitrogen and oxygen atoms in total. The van der Waals surface area contributed by atoms with Crippen LogP contribution in [0.15, 0.2) is 29.3 Å². The van der Waals surface area contributed by atoms with E-state index in [-0.39, 0.29) is 5.78 Å². The molecule has 0 fully saturated rings. The molecule has 5 heteroatoms. The van der Waals surface area contributed by atoms with Crippen LogP contribution in [0.5, 0.6) is 0 Å². The summed E-state index contributed by atoms with van der Waals surface area (Å²) in [6, 6.07) is 9.30. The number of pyridine rings is 1. The molecule has 0 N–H and O–H groups in total. The molecule has 0 aliphatic rings. The van der Waals surface area contributed by atoms with Crippen LogP contribution < -0.4 is 0 Å². The van der Waals surface area contributed by atoms with Gasteiger partial charge in [0.2, 0.25) is 0 Å². The first-order valence-electron chi connectivity index (χ1n) is 6.25. The van der Waals surface area contributed by atoms with Gasteiger partial charge in [-0.05, 0) is 37.8 Å². The minimum absolute atomic E-state index is 0.103. The second-order valence-corrected chi connectivity index (χ2v) is 5.74. The second kappa shape index (κ2) is 6.30. The van der Waals surface area contributed by atoms with Crippen molar-refractivity contribution in [2.45, 2.75) is 18.9 Å². The Balaban J connectivity index is 2.89. The topological polar surface area (TPSA) is 53.8 Å². The van der Waals surface area contributed by atoms with Gasteiger partial charge < -0.3 is 0 Å². The maximum atomic E-state index is 12.0. The molecule has 21 heavy (non-hydrogen) atoms. The third-order valence-corrected chi connectivity index (χ3v) is 4.07. The number of aromatic nitrogens is 1. The van der Waals surface area contributed by atoms with Crippen molar-refractivity contribution in [2.24, 2.45) is 0 Å². The third-order valence-electron chi connectivity index (χ3n) is 3.14. The molecule has 0 bridgehead atoms. The second-order valence-electron chi connectivity index (χ2n) is 4.51. The summed E-state index contributed by atoms with van der Waals surface area (Å²) in [5.41, 5.74) is 2.99. The molecule has 0 amide bonds. The van der Waals surface area contributed by atoms with Gasteiger partial charge in [0.1, 0.15) is 11.1 Å². The molecule has 0 atom stereocenters. The monoisotopic (exact) mass is 316 g/mol. The summed E-state index contributed by atoms with van der Waals surface area (Å²) in [5, 5.41) is 10.7. The molecule has 0 aliphatic carbocycles. The average Bonchev–Trinajstić information content (AvgIpc) is 2.46. The molecule has 1 aromatic heterocycles. The van der Waals surface area contributed by atoms with Crippen molar-refractivity contribution in [3.63, 3.8) is 0 Å². The predicted octanol–water partition coefficient (Wildman–Crippen LogP) is 4.51. The molecule has 0 spiro atoms. The van der Waals surface area contributed by atoms with Crippen LogP contribution in [0, 0.1) is 18.3 Å². The van der Waals surface area contributed by atoms with E-state index in [0.29, 0.717) is 32.4 Å². The molecule has 0 saturated carbocycles. The predicted molar refractivity (Wildman–Crippen MR) is 85.9 cm³/mol. The summed E-state index contributed by atoms with van der Waals surface area (Å²) in [7, 11) is 0. The van der Waals surface area contributed by atoms with Gasteiger partial charge in [-0.15, -0.1) is 11.8 Å². The van der Waals surface area contributed by atoms with Crippen molar-refractivity contribution in [3.05, 3.63) is 46.1 Å². The minimum Gasteiger partial charge on any atom is -0.294 e. The molecular weight excluding hydrogens is 304 g/mol. The third kappa shape index (κ3) is 2.94. The van der Waals surface area contributed by atoms with Crippen LogP contribution in [0.2, 0.25) is 5.02 Å². The number of thioether (sulfide) groups is 1. The number of aryl methyl sites for hydroxylation is 1. The Kier molecular flexibility index (Phi) is 4.66. The molecule has 0 radical (unpaired) electrons. The zero-order valence-electron chi connectivity index (χ0n) is 11.9. The highest BCUT2D eigenvalue weighted by molar-refractivity contribution is 7.98. The molecule has 0 unspecified atom stereocenters. The van der Waals surface area contributed by atoms with Crippen molar-refractivity contribution in [3.8, 4) is 17.2 Å². The lowest BCUT2D eigenvalue weighted by Crippen LogP contribution is -2.06. The first kappa shape index (κ1) is 15.6. The number of nitrogens with zero attached hydrogens (tertiary/aromatic N) is 2. The molecule has 2 rings (SSSR count). The molecular formula is C16H13ClN2OS. The van der Waals surface area contributed by atoms with Gasteiger partial charge in [-0.1, -0.05) is 23.7 Å². The van der Waals surface area contributed by atoms with Crippen molar-refractivity contribution >= 4 is 29.1 Å². The van der Waals surface area contributed by atoms with E-state index in [9.17, 15) is 10.1 Å². The first-order chi connectivity index (χ1) is 9.99. The number of ketones is 1. The fourth-order valence-corrected chi connectivity index (χ4v) is 2.97. The van der Waals surface area contributed by atoms with Crippen molar-refractivity contribution in [1.29, 1.82) is 5.26 Å². The maximum Gasteiger partial charge on any atom is 0.162 e. The zero-order chi connectivity index (χ0) is 15.6. The van der Waals surface area contributed by atoms with Crippen molar-refractivity contribution in [2.75, 3.05) is 6.26 Å². The van der Waals surface area contributed by atoms with Gasteiger partial charge >= 0.3 is 0 Å². The lowest BCUT2D eigenvalue weighted by Gasteiger charge is -2.14.